The molecule has 1 heterocycles. The van der Waals surface area contributed by atoms with E-state index in [0.717, 1.165) is 0 Å². The van der Waals surface area contributed by atoms with E-state index in [9.17, 15) is 0 Å². The summed E-state index contributed by atoms with van der Waals surface area (Å²) in [7, 11) is 0. The van der Waals surface area contributed by atoms with E-state index in [4.69, 9.17) is 0 Å². The number of nitrogens with zero attached hydrogens (tertiary/aromatic N) is 1. The lowest BCUT2D eigenvalue weighted by Gasteiger charge is -2.10. The van der Waals surface area contributed by atoms with Gasteiger partial charge in [0.2, 0.25) is 0 Å². The van der Waals surface area contributed by atoms with Crippen LogP contribution in [-0.2, 0) is 0 Å². The third-order valence-electron chi connectivity index (χ3n) is 1.48. The van der Waals surface area contributed by atoms with Crippen molar-refractivity contribution in [2.75, 3.05) is 6.26 Å². The van der Waals surface area contributed by atoms with Crippen LogP contribution in [0.4, 0.5) is 0 Å². The smallest absolute Gasteiger partial charge is 0.0408 e. The molecule has 0 saturated heterocycles. The van der Waals surface area contributed by atoms with E-state index >= 15 is 0 Å². The number of pyridine rings is 1. The predicted molar refractivity (Wildman–Crippen MR) is 49.3 cm³/mol. The van der Waals surface area contributed by atoms with Gasteiger partial charge in [0.25, 0.3) is 0 Å². The molecule has 1 unspecified atom stereocenters. The number of rotatable bonds is 3. The van der Waals surface area contributed by atoms with Crippen LogP contribution in [0.3, 0.4) is 0 Å². The van der Waals surface area contributed by atoms with E-state index in [-0.39, 0.29) is 0 Å². The van der Waals surface area contributed by atoms with E-state index in [1.165, 1.54) is 5.56 Å². The normalized spacial score (nSPS) is 12.9. The summed E-state index contributed by atoms with van der Waals surface area (Å²) in [6.07, 6.45) is 5.69. The van der Waals surface area contributed by atoms with Gasteiger partial charge in [-0.15, -0.1) is 0 Å². The minimum absolute atomic E-state index is 0.374. The Morgan fingerprint density at radius 3 is 3.00 bits per heavy atom. The summed E-state index contributed by atoms with van der Waals surface area (Å²) in [5.41, 5.74) is 1.22. The van der Waals surface area contributed by atoms with Gasteiger partial charge in [0.15, 0.2) is 0 Å². The Labute approximate surface area is 71.6 Å². The molecular weight excluding hydrogens is 156 g/mol. The van der Waals surface area contributed by atoms with Crippen molar-refractivity contribution in [3.8, 4) is 0 Å². The van der Waals surface area contributed by atoms with Crippen LogP contribution >= 0.6 is 11.9 Å². The molecule has 0 amide bonds. The first-order valence-electron chi connectivity index (χ1n) is 3.53. The minimum Gasteiger partial charge on any atom is -0.264 e. The highest BCUT2D eigenvalue weighted by molar-refractivity contribution is 7.96. The van der Waals surface area contributed by atoms with Gasteiger partial charge in [-0.05, 0) is 24.8 Å². The zero-order valence-electron chi connectivity index (χ0n) is 6.74. The zero-order chi connectivity index (χ0) is 8.10. The highest BCUT2D eigenvalue weighted by Gasteiger charge is 2.01. The Morgan fingerprint density at radius 2 is 2.45 bits per heavy atom. The van der Waals surface area contributed by atoms with E-state index in [1.807, 2.05) is 18.5 Å². The molecule has 0 bridgehead atoms. The highest BCUT2D eigenvalue weighted by atomic mass is 32.2. The maximum Gasteiger partial charge on any atom is 0.0408 e. The standard InChI is InChI=1S/C8H12N2S/c1-7(10-11-2)8-4-3-5-9-6-8/h3-7,10H,1-2H3. The van der Waals surface area contributed by atoms with E-state index in [2.05, 4.69) is 22.7 Å². The Kier molecular flexibility index (Phi) is 3.39. The van der Waals surface area contributed by atoms with Gasteiger partial charge in [-0.1, -0.05) is 18.0 Å². The quantitative estimate of drug-likeness (QED) is 0.699. The van der Waals surface area contributed by atoms with Crippen molar-refractivity contribution in [3.63, 3.8) is 0 Å². The second-order valence-electron chi connectivity index (χ2n) is 2.33. The lowest BCUT2D eigenvalue weighted by molar-refractivity contribution is 0.751. The van der Waals surface area contributed by atoms with Crippen molar-refractivity contribution >= 4 is 11.9 Å². The summed E-state index contributed by atoms with van der Waals surface area (Å²) in [5, 5.41) is 0. The van der Waals surface area contributed by atoms with Crippen LogP contribution in [0.1, 0.15) is 18.5 Å². The molecule has 0 fully saturated rings. The Balaban J connectivity index is 2.61. The van der Waals surface area contributed by atoms with Gasteiger partial charge in [-0.2, -0.15) is 0 Å². The second-order valence-corrected chi connectivity index (χ2v) is 2.97. The summed E-state index contributed by atoms with van der Waals surface area (Å²) >= 11 is 1.63. The summed E-state index contributed by atoms with van der Waals surface area (Å²) in [5.74, 6) is 0. The lowest BCUT2D eigenvalue weighted by atomic mass is 10.2. The molecule has 3 heteroatoms. The second kappa shape index (κ2) is 4.36. The van der Waals surface area contributed by atoms with Crippen molar-refractivity contribution in [3.05, 3.63) is 30.1 Å². The number of aromatic nitrogens is 1. The third-order valence-corrected chi connectivity index (χ3v) is 2.07. The average Bonchev–Trinajstić information content (AvgIpc) is 2.07. The molecule has 0 radical (unpaired) electrons. The van der Waals surface area contributed by atoms with Gasteiger partial charge in [-0.25, -0.2) is 0 Å². The van der Waals surface area contributed by atoms with Gasteiger partial charge >= 0.3 is 0 Å². The van der Waals surface area contributed by atoms with Gasteiger partial charge in [0.05, 0.1) is 0 Å². The average molecular weight is 168 g/mol. The molecule has 0 spiro atoms. The lowest BCUT2D eigenvalue weighted by Crippen LogP contribution is -2.09. The van der Waals surface area contributed by atoms with Crippen LogP contribution in [-0.4, -0.2) is 11.2 Å². The van der Waals surface area contributed by atoms with Crippen molar-refractivity contribution in [1.82, 2.24) is 9.71 Å². The molecule has 0 aliphatic heterocycles. The molecule has 0 aromatic carbocycles. The molecule has 0 aliphatic rings. The van der Waals surface area contributed by atoms with Crippen LogP contribution in [0.25, 0.3) is 0 Å². The SMILES string of the molecule is CSNC(C)c1cccnc1. The molecule has 1 aromatic rings. The fourth-order valence-corrected chi connectivity index (χ4v) is 1.37. The molecule has 60 valence electrons. The highest BCUT2D eigenvalue weighted by Crippen LogP contribution is 2.11. The maximum absolute atomic E-state index is 4.04. The van der Waals surface area contributed by atoms with E-state index in [1.54, 1.807) is 18.1 Å². The van der Waals surface area contributed by atoms with Gasteiger partial charge in [0.1, 0.15) is 0 Å². The van der Waals surface area contributed by atoms with Crippen molar-refractivity contribution in [1.29, 1.82) is 0 Å². The molecule has 11 heavy (non-hydrogen) atoms. The maximum atomic E-state index is 4.04. The molecular formula is C8H12N2S. The fourth-order valence-electron chi connectivity index (χ4n) is 0.877. The molecule has 0 saturated carbocycles. The minimum atomic E-state index is 0.374. The van der Waals surface area contributed by atoms with Gasteiger partial charge < -0.3 is 0 Å². The van der Waals surface area contributed by atoms with Crippen LogP contribution < -0.4 is 4.72 Å². The fraction of sp³-hybridized carbons (Fsp3) is 0.375. The Bertz CT molecular complexity index is 201. The first kappa shape index (κ1) is 8.56. The number of hydrogen-bond acceptors (Lipinski definition) is 3. The molecule has 1 atom stereocenters. The van der Waals surface area contributed by atoms with Crippen molar-refractivity contribution in [2.45, 2.75) is 13.0 Å². The Hall–Kier alpha value is -0.540. The van der Waals surface area contributed by atoms with E-state index < -0.39 is 0 Å². The summed E-state index contributed by atoms with van der Waals surface area (Å²) < 4.78 is 3.24. The van der Waals surface area contributed by atoms with Crippen LogP contribution in [0.5, 0.6) is 0 Å². The van der Waals surface area contributed by atoms with Crippen molar-refractivity contribution in [2.24, 2.45) is 0 Å². The molecule has 0 aliphatic carbocycles. The predicted octanol–water partition coefficient (Wildman–Crippen LogP) is 2.01. The molecule has 1 N–H and O–H groups in total. The molecule has 1 rings (SSSR count). The summed E-state index contributed by atoms with van der Waals surface area (Å²) in [6.45, 7) is 2.12. The first-order valence-corrected chi connectivity index (χ1v) is 4.75. The number of hydrogen-bond donors (Lipinski definition) is 1. The summed E-state index contributed by atoms with van der Waals surface area (Å²) in [6, 6.07) is 4.40. The van der Waals surface area contributed by atoms with Gasteiger partial charge in [-0.3, -0.25) is 9.71 Å². The zero-order valence-corrected chi connectivity index (χ0v) is 7.56. The summed E-state index contributed by atoms with van der Waals surface area (Å²) in [4.78, 5) is 4.04. The molecule has 1 aromatic heterocycles. The van der Waals surface area contributed by atoms with Crippen LogP contribution in [0, 0.1) is 0 Å². The van der Waals surface area contributed by atoms with Crippen LogP contribution in [0.2, 0.25) is 0 Å². The van der Waals surface area contributed by atoms with Gasteiger partial charge in [0, 0.05) is 18.4 Å². The number of nitrogens with one attached hydrogen (secondary N) is 1. The Morgan fingerprint density at radius 1 is 1.64 bits per heavy atom. The molecule has 2 nitrogen and oxygen atoms in total. The third kappa shape index (κ3) is 2.52. The largest absolute Gasteiger partial charge is 0.264 e. The van der Waals surface area contributed by atoms with E-state index in [0.29, 0.717) is 6.04 Å². The topological polar surface area (TPSA) is 24.9 Å². The monoisotopic (exact) mass is 168 g/mol. The van der Waals surface area contributed by atoms with Crippen LogP contribution in [0.15, 0.2) is 24.5 Å². The first-order chi connectivity index (χ1) is 5.34. The van der Waals surface area contributed by atoms with Crippen molar-refractivity contribution < 1.29 is 0 Å².